The van der Waals surface area contributed by atoms with Crippen LogP contribution in [0.2, 0.25) is 4.34 Å². The smallest absolute Gasteiger partial charge is 0.238 e. The lowest BCUT2D eigenvalue weighted by molar-refractivity contribution is -0.120. The zero-order chi connectivity index (χ0) is 10.3. The molecular weight excluding hydrogens is 288 g/mol. The molecule has 0 radical (unpaired) electrons. The summed E-state index contributed by atoms with van der Waals surface area (Å²) >= 11 is 10.7. The molecule has 0 aromatic carbocycles. The SMILES string of the molecule is CC1NC(c2cc(Br)c(Cl)s2)NC1=O. The molecule has 0 bridgehead atoms. The number of amides is 1. The molecular formula is C8H8BrClN2OS. The van der Waals surface area contributed by atoms with Crippen molar-refractivity contribution in [3.05, 3.63) is 19.8 Å². The summed E-state index contributed by atoms with van der Waals surface area (Å²) in [5.41, 5.74) is 0. The topological polar surface area (TPSA) is 41.1 Å². The minimum Gasteiger partial charge on any atom is -0.335 e. The van der Waals surface area contributed by atoms with Crippen molar-refractivity contribution in [3.8, 4) is 0 Å². The minimum absolute atomic E-state index is 0.0237. The average Bonchev–Trinajstić information content (AvgIpc) is 2.60. The lowest BCUT2D eigenvalue weighted by Gasteiger charge is -2.07. The molecule has 0 spiro atoms. The Balaban J connectivity index is 2.21. The maximum atomic E-state index is 11.2. The predicted octanol–water partition coefficient (Wildman–Crippen LogP) is 2.27. The summed E-state index contributed by atoms with van der Waals surface area (Å²) in [7, 11) is 0. The van der Waals surface area contributed by atoms with E-state index < -0.39 is 0 Å². The first-order valence-electron chi connectivity index (χ1n) is 4.09. The summed E-state index contributed by atoms with van der Waals surface area (Å²) in [5, 5.41) is 5.97. The fraction of sp³-hybridized carbons (Fsp3) is 0.375. The van der Waals surface area contributed by atoms with E-state index in [0.29, 0.717) is 4.34 Å². The van der Waals surface area contributed by atoms with Gasteiger partial charge in [0.1, 0.15) is 10.5 Å². The first kappa shape index (κ1) is 10.4. The van der Waals surface area contributed by atoms with Crippen LogP contribution in [0.5, 0.6) is 0 Å². The third-order valence-corrected chi connectivity index (χ3v) is 4.58. The molecule has 2 atom stereocenters. The normalized spacial score (nSPS) is 26.6. The lowest BCUT2D eigenvalue weighted by atomic mass is 10.3. The molecule has 14 heavy (non-hydrogen) atoms. The quantitative estimate of drug-likeness (QED) is 0.834. The summed E-state index contributed by atoms with van der Waals surface area (Å²) in [6.45, 7) is 1.83. The summed E-state index contributed by atoms with van der Waals surface area (Å²) in [4.78, 5) is 12.2. The Hall–Kier alpha value is -0.100. The number of carbonyl (C=O) groups is 1. The average molecular weight is 296 g/mol. The van der Waals surface area contributed by atoms with Crippen molar-refractivity contribution < 1.29 is 4.79 Å². The molecule has 76 valence electrons. The van der Waals surface area contributed by atoms with Crippen LogP contribution in [0.1, 0.15) is 18.0 Å². The molecule has 0 aliphatic carbocycles. The van der Waals surface area contributed by atoms with E-state index in [1.54, 1.807) is 0 Å². The first-order chi connectivity index (χ1) is 6.58. The number of hydrogen-bond acceptors (Lipinski definition) is 3. The summed E-state index contributed by atoms with van der Waals surface area (Å²) in [5.74, 6) is 0.0237. The van der Waals surface area contributed by atoms with Crippen LogP contribution in [-0.2, 0) is 4.79 Å². The van der Waals surface area contributed by atoms with Crippen LogP contribution in [0.3, 0.4) is 0 Å². The van der Waals surface area contributed by atoms with Crippen molar-refractivity contribution >= 4 is 44.8 Å². The maximum Gasteiger partial charge on any atom is 0.238 e. The number of halogens is 2. The van der Waals surface area contributed by atoms with E-state index in [1.165, 1.54) is 11.3 Å². The zero-order valence-electron chi connectivity index (χ0n) is 7.30. The van der Waals surface area contributed by atoms with Crippen molar-refractivity contribution in [2.75, 3.05) is 0 Å². The molecule has 2 heterocycles. The van der Waals surface area contributed by atoms with Gasteiger partial charge in [0.05, 0.1) is 6.04 Å². The number of nitrogens with one attached hydrogen (secondary N) is 2. The highest BCUT2D eigenvalue weighted by Crippen LogP contribution is 2.35. The third-order valence-electron chi connectivity index (χ3n) is 2.05. The second kappa shape index (κ2) is 3.81. The molecule has 2 N–H and O–H groups in total. The second-order valence-electron chi connectivity index (χ2n) is 3.10. The Labute approximate surface area is 99.0 Å². The highest BCUT2D eigenvalue weighted by Gasteiger charge is 2.29. The summed E-state index contributed by atoms with van der Waals surface area (Å²) in [6, 6.07) is 1.78. The van der Waals surface area contributed by atoms with Gasteiger partial charge in [-0.15, -0.1) is 11.3 Å². The maximum absolute atomic E-state index is 11.2. The molecule has 1 aromatic rings. The molecule has 1 fully saturated rings. The Morgan fingerprint density at radius 3 is 2.79 bits per heavy atom. The Morgan fingerprint density at radius 1 is 1.64 bits per heavy atom. The molecule has 0 saturated carbocycles. The van der Waals surface area contributed by atoms with Crippen molar-refractivity contribution in [3.63, 3.8) is 0 Å². The highest BCUT2D eigenvalue weighted by atomic mass is 79.9. The number of hydrogen-bond donors (Lipinski definition) is 2. The van der Waals surface area contributed by atoms with Gasteiger partial charge in [0, 0.05) is 9.35 Å². The van der Waals surface area contributed by atoms with E-state index in [0.717, 1.165) is 9.35 Å². The van der Waals surface area contributed by atoms with Crippen molar-refractivity contribution in [2.45, 2.75) is 19.1 Å². The van der Waals surface area contributed by atoms with Gasteiger partial charge in [0.2, 0.25) is 5.91 Å². The Morgan fingerprint density at radius 2 is 2.36 bits per heavy atom. The number of thiophene rings is 1. The largest absolute Gasteiger partial charge is 0.335 e. The standard InChI is InChI=1S/C8H8BrClN2OS/c1-3-8(13)12-7(11-3)5-2-4(9)6(10)14-5/h2-3,7,11H,1H3,(H,12,13). The Bertz CT molecular complexity index is 362. The Kier molecular flexibility index (Phi) is 2.83. The zero-order valence-corrected chi connectivity index (χ0v) is 10.5. The molecule has 1 aliphatic heterocycles. The fourth-order valence-electron chi connectivity index (χ4n) is 1.29. The van der Waals surface area contributed by atoms with E-state index in [-0.39, 0.29) is 18.1 Å². The lowest BCUT2D eigenvalue weighted by Crippen LogP contribution is -2.24. The molecule has 2 unspecified atom stereocenters. The molecule has 1 aromatic heterocycles. The van der Waals surface area contributed by atoms with Gasteiger partial charge in [-0.3, -0.25) is 10.1 Å². The van der Waals surface area contributed by atoms with Crippen LogP contribution in [-0.4, -0.2) is 11.9 Å². The van der Waals surface area contributed by atoms with Crippen LogP contribution >= 0.6 is 38.9 Å². The van der Waals surface area contributed by atoms with E-state index >= 15 is 0 Å². The van der Waals surface area contributed by atoms with Crippen LogP contribution in [0, 0.1) is 0 Å². The van der Waals surface area contributed by atoms with Crippen LogP contribution in [0.4, 0.5) is 0 Å². The van der Waals surface area contributed by atoms with Crippen molar-refractivity contribution in [2.24, 2.45) is 0 Å². The van der Waals surface area contributed by atoms with Crippen LogP contribution in [0.15, 0.2) is 10.5 Å². The molecule has 3 nitrogen and oxygen atoms in total. The third kappa shape index (κ3) is 1.82. The minimum atomic E-state index is -0.139. The van der Waals surface area contributed by atoms with Gasteiger partial charge in [-0.25, -0.2) is 0 Å². The van der Waals surface area contributed by atoms with Gasteiger partial charge >= 0.3 is 0 Å². The highest BCUT2D eigenvalue weighted by molar-refractivity contribution is 9.10. The van der Waals surface area contributed by atoms with Crippen molar-refractivity contribution in [1.82, 2.24) is 10.6 Å². The van der Waals surface area contributed by atoms with Gasteiger partial charge in [-0.1, -0.05) is 11.6 Å². The number of carbonyl (C=O) groups excluding carboxylic acids is 1. The van der Waals surface area contributed by atoms with Crippen LogP contribution in [0.25, 0.3) is 0 Å². The molecule has 2 rings (SSSR count). The number of rotatable bonds is 1. The molecule has 1 aliphatic rings. The predicted molar refractivity (Wildman–Crippen MR) is 60.5 cm³/mol. The van der Waals surface area contributed by atoms with Gasteiger partial charge in [-0.05, 0) is 28.9 Å². The van der Waals surface area contributed by atoms with Gasteiger partial charge in [0.25, 0.3) is 0 Å². The van der Waals surface area contributed by atoms with E-state index in [9.17, 15) is 4.79 Å². The van der Waals surface area contributed by atoms with Gasteiger partial charge in [0.15, 0.2) is 0 Å². The van der Waals surface area contributed by atoms with Gasteiger partial charge < -0.3 is 5.32 Å². The fourth-order valence-corrected chi connectivity index (χ4v) is 3.04. The van der Waals surface area contributed by atoms with E-state index in [2.05, 4.69) is 26.6 Å². The van der Waals surface area contributed by atoms with Crippen molar-refractivity contribution in [1.29, 1.82) is 0 Å². The molecule has 1 saturated heterocycles. The molecule has 1 amide bonds. The van der Waals surface area contributed by atoms with Gasteiger partial charge in [-0.2, -0.15) is 0 Å². The summed E-state index contributed by atoms with van der Waals surface area (Å²) < 4.78 is 1.57. The van der Waals surface area contributed by atoms with E-state index in [1.807, 2.05) is 13.0 Å². The molecule has 6 heteroatoms. The second-order valence-corrected chi connectivity index (χ2v) is 5.64. The van der Waals surface area contributed by atoms with Crippen LogP contribution < -0.4 is 10.6 Å². The first-order valence-corrected chi connectivity index (χ1v) is 6.08. The summed E-state index contributed by atoms with van der Waals surface area (Å²) in [6.07, 6.45) is -0.105. The van der Waals surface area contributed by atoms with E-state index in [4.69, 9.17) is 11.6 Å². The monoisotopic (exact) mass is 294 g/mol.